The summed E-state index contributed by atoms with van der Waals surface area (Å²) in [6.07, 6.45) is 2.86. The zero-order chi connectivity index (χ0) is 19.1. The number of anilines is 2. The zero-order valence-electron chi connectivity index (χ0n) is 15.0. The van der Waals surface area contributed by atoms with Gasteiger partial charge in [-0.15, -0.1) is 0 Å². The average molecular weight is 381 g/mol. The third-order valence-corrected chi connectivity index (χ3v) is 4.59. The molecule has 0 aromatic carbocycles. The number of hydrogen-bond donors (Lipinski definition) is 2. The van der Waals surface area contributed by atoms with E-state index in [1.54, 1.807) is 7.11 Å². The fourth-order valence-corrected chi connectivity index (χ4v) is 3.33. The van der Waals surface area contributed by atoms with E-state index in [1.165, 1.54) is 11.8 Å². The molecule has 0 spiro atoms. The Hall–Kier alpha value is -2.33. The summed E-state index contributed by atoms with van der Waals surface area (Å²) in [5.74, 6) is 2.55. The molecule has 0 bridgehead atoms. The lowest BCUT2D eigenvalue weighted by molar-refractivity contribution is -0.122. The fraction of sp³-hybridized carbons (Fsp3) is 0.500. The molecule has 1 fully saturated rings. The number of carbonyl (C=O) groups is 1. The maximum atomic E-state index is 8.36. The van der Waals surface area contributed by atoms with Gasteiger partial charge in [-0.2, -0.15) is 0 Å². The van der Waals surface area contributed by atoms with E-state index in [2.05, 4.69) is 20.0 Å². The summed E-state index contributed by atoms with van der Waals surface area (Å²) in [5, 5.41) is 11.5. The van der Waals surface area contributed by atoms with Crippen molar-refractivity contribution in [3.05, 3.63) is 23.6 Å². The summed E-state index contributed by atoms with van der Waals surface area (Å²) in [5.41, 5.74) is 6.79. The van der Waals surface area contributed by atoms with Gasteiger partial charge >= 0.3 is 0 Å². The lowest BCUT2D eigenvalue weighted by atomic mass is 10.0. The van der Waals surface area contributed by atoms with Gasteiger partial charge in [-0.3, -0.25) is 4.79 Å². The van der Waals surface area contributed by atoms with Crippen LogP contribution < -0.4 is 10.6 Å². The van der Waals surface area contributed by atoms with Crippen molar-refractivity contribution in [1.29, 1.82) is 0 Å². The third-order valence-electron chi connectivity index (χ3n) is 4.04. The second-order valence-electron chi connectivity index (χ2n) is 5.82. The van der Waals surface area contributed by atoms with Crippen LogP contribution in [0.2, 0.25) is 0 Å². The van der Waals surface area contributed by atoms with Gasteiger partial charge in [-0.1, -0.05) is 16.9 Å². The molecule has 1 saturated heterocycles. The van der Waals surface area contributed by atoms with E-state index in [9.17, 15) is 0 Å². The smallest absolute Gasteiger partial charge is 0.290 e. The number of carboxylic acid groups (broad SMARTS) is 1. The second kappa shape index (κ2) is 9.39. The molecule has 0 aliphatic carbocycles. The number of aromatic nitrogens is 3. The first-order valence-corrected chi connectivity index (χ1v) is 9.19. The van der Waals surface area contributed by atoms with Gasteiger partial charge in [0.25, 0.3) is 6.47 Å². The van der Waals surface area contributed by atoms with Crippen LogP contribution in [-0.2, 0) is 16.0 Å². The van der Waals surface area contributed by atoms with E-state index in [0.717, 1.165) is 36.8 Å². The molecule has 1 aliphatic heterocycles. The van der Waals surface area contributed by atoms with E-state index < -0.39 is 0 Å². The predicted octanol–water partition coefficient (Wildman–Crippen LogP) is 1.47. The van der Waals surface area contributed by atoms with Crippen LogP contribution in [0.4, 0.5) is 11.6 Å². The lowest BCUT2D eigenvalue weighted by Gasteiger charge is -2.17. The van der Waals surface area contributed by atoms with Crippen molar-refractivity contribution >= 4 is 29.9 Å². The van der Waals surface area contributed by atoms with Crippen LogP contribution in [0.1, 0.15) is 11.5 Å². The second-order valence-corrected chi connectivity index (χ2v) is 6.59. The summed E-state index contributed by atoms with van der Waals surface area (Å²) < 4.78 is 11.0. The fourth-order valence-electron chi connectivity index (χ4n) is 2.95. The standard InChI is InChI=1S/C15H21N5O2S.CH2O2/c1-9-4-11(22-19-9)5-10-7-20(8-12(10)21-2)14-6-13(16)17-15(18-14)23-3;2-1-3/h4,6,10,12H,5,7-8H2,1-3H3,(H2,16,17,18);1H,(H,2,3)/t10-,12+;/m1./s1. The highest BCUT2D eigenvalue weighted by molar-refractivity contribution is 7.98. The summed E-state index contributed by atoms with van der Waals surface area (Å²) in [7, 11) is 1.74. The van der Waals surface area contributed by atoms with Crippen LogP contribution in [0.5, 0.6) is 0 Å². The molecule has 3 N–H and O–H groups in total. The summed E-state index contributed by atoms with van der Waals surface area (Å²) >= 11 is 1.49. The molecule has 142 valence electrons. The maximum absolute atomic E-state index is 8.36. The molecule has 10 heteroatoms. The predicted molar refractivity (Wildman–Crippen MR) is 98.4 cm³/mol. The minimum atomic E-state index is -0.250. The average Bonchev–Trinajstić information content (AvgIpc) is 3.21. The van der Waals surface area contributed by atoms with E-state index in [-0.39, 0.29) is 12.6 Å². The number of hydrogen-bond acceptors (Lipinski definition) is 9. The molecule has 2 atom stereocenters. The topological polar surface area (TPSA) is 128 Å². The lowest BCUT2D eigenvalue weighted by Crippen LogP contribution is -2.24. The molecule has 1 aliphatic rings. The molecule has 0 unspecified atom stereocenters. The number of aryl methyl sites for hydroxylation is 1. The number of nitrogens with zero attached hydrogens (tertiary/aromatic N) is 4. The van der Waals surface area contributed by atoms with Crippen LogP contribution in [0, 0.1) is 12.8 Å². The summed E-state index contributed by atoms with van der Waals surface area (Å²) in [6, 6.07) is 3.79. The van der Waals surface area contributed by atoms with E-state index in [1.807, 2.05) is 25.3 Å². The van der Waals surface area contributed by atoms with Crippen molar-refractivity contribution in [3.63, 3.8) is 0 Å². The quantitative estimate of drug-likeness (QED) is 0.446. The Kier molecular flexibility index (Phi) is 7.22. The van der Waals surface area contributed by atoms with Crippen molar-refractivity contribution < 1.29 is 19.2 Å². The van der Waals surface area contributed by atoms with Crippen molar-refractivity contribution in [2.24, 2.45) is 5.92 Å². The Morgan fingerprint density at radius 3 is 2.77 bits per heavy atom. The number of methoxy groups -OCH3 is 1. The Balaban J connectivity index is 0.000000758. The molecular weight excluding hydrogens is 358 g/mol. The molecule has 3 rings (SSSR count). The first kappa shape index (κ1) is 20.0. The largest absolute Gasteiger partial charge is 0.483 e. The molecule has 3 heterocycles. The molecule has 2 aromatic heterocycles. The number of ether oxygens (including phenoxy) is 1. The highest BCUT2D eigenvalue weighted by Crippen LogP contribution is 2.29. The molecule has 0 saturated carbocycles. The van der Waals surface area contributed by atoms with Gasteiger partial charge in [-0.05, 0) is 13.2 Å². The van der Waals surface area contributed by atoms with Crippen molar-refractivity contribution in [2.45, 2.75) is 24.6 Å². The Bertz CT molecular complexity index is 726. The molecule has 9 nitrogen and oxygen atoms in total. The SMILES string of the molecule is CO[C@H]1CN(c2cc(N)nc(SC)n2)C[C@H]1Cc1cc(C)no1.O=CO. The molecular formula is C16H23N5O4S. The number of thioether (sulfide) groups is 1. The third kappa shape index (κ3) is 5.09. The van der Waals surface area contributed by atoms with E-state index >= 15 is 0 Å². The minimum Gasteiger partial charge on any atom is -0.483 e. The van der Waals surface area contributed by atoms with Crippen LogP contribution >= 0.6 is 11.8 Å². The van der Waals surface area contributed by atoms with Crippen molar-refractivity contribution in [1.82, 2.24) is 15.1 Å². The Morgan fingerprint density at radius 1 is 1.46 bits per heavy atom. The van der Waals surface area contributed by atoms with Crippen molar-refractivity contribution in [2.75, 3.05) is 37.1 Å². The molecule has 26 heavy (non-hydrogen) atoms. The van der Waals surface area contributed by atoms with E-state index in [4.69, 9.17) is 24.9 Å². The number of nitrogen functional groups attached to an aromatic ring is 1. The summed E-state index contributed by atoms with van der Waals surface area (Å²) in [6.45, 7) is 3.29. The Morgan fingerprint density at radius 2 is 2.19 bits per heavy atom. The van der Waals surface area contributed by atoms with Gasteiger partial charge in [0.15, 0.2) is 5.16 Å². The van der Waals surface area contributed by atoms with Gasteiger partial charge in [0.05, 0.1) is 11.8 Å². The molecule has 2 aromatic rings. The van der Waals surface area contributed by atoms with Crippen molar-refractivity contribution in [3.8, 4) is 0 Å². The normalized spacial score (nSPS) is 19.1. The maximum Gasteiger partial charge on any atom is 0.290 e. The van der Waals surface area contributed by atoms with Gasteiger partial charge in [0.1, 0.15) is 17.4 Å². The molecule has 0 radical (unpaired) electrons. The zero-order valence-corrected chi connectivity index (χ0v) is 15.8. The first-order valence-electron chi connectivity index (χ1n) is 7.97. The van der Waals surface area contributed by atoms with Gasteiger partial charge < -0.3 is 25.0 Å². The van der Waals surface area contributed by atoms with Gasteiger partial charge in [-0.25, -0.2) is 9.97 Å². The monoisotopic (exact) mass is 381 g/mol. The van der Waals surface area contributed by atoms with E-state index in [0.29, 0.717) is 16.9 Å². The summed E-state index contributed by atoms with van der Waals surface area (Å²) in [4.78, 5) is 19.3. The van der Waals surface area contributed by atoms with Crippen LogP contribution in [-0.4, -0.2) is 59.3 Å². The highest BCUT2D eigenvalue weighted by Gasteiger charge is 2.34. The number of rotatable bonds is 5. The first-order chi connectivity index (χ1) is 12.5. The highest BCUT2D eigenvalue weighted by atomic mass is 32.2. The Labute approximate surface area is 155 Å². The van der Waals surface area contributed by atoms with Crippen LogP contribution in [0.25, 0.3) is 0 Å². The van der Waals surface area contributed by atoms with Gasteiger partial charge in [0.2, 0.25) is 0 Å². The number of nitrogens with two attached hydrogens (primary N) is 1. The minimum absolute atomic E-state index is 0.120. The van der Waals surface area contributed by atoms with Crippen LogP contribution in [0.3, 0.4) is 0 Å². The van der Waals surface area contributed by atoms with Gasteiger partial charge in [0, 0.05) is 44.7 Å². The molecule has 0 amide bonds. The van der Waals surface area contributed by atoms with Crippen LogP contribution in [0.15, 0.2) is 21.8 Å².